The van der Waals surface area contributed by atoms with Crippen LogP contribution < -0.4 is 10.4 Å². The molecule has 0 aliphatic carbocycles. The first kappa shape index (κ1) is 25.5. The fourth-order valence-electron chi connectivity index (χ4n) is 4.97. The lowest BCUT2D eigenvalue weighted by Crippen LogP contribution is -2.67. The lowest BCUT2D eigenvalue weighted by Gasteiger charge is -2.43. The molecule has 0 aromatic heterocycles. The number of hydrogen-bond acceptors (Lipinski definition) is 7. The van der Waals surface area contributed by atoms with Gasteiger partial charge in [0, 0.05) is 0 Å². The maximum atomic E-state index is 12.1. The zero-order valence-electron chi connectivity index (χ0n) is 20.6. The van der Waals surface area contributed by atoms with Gasteiger partial charge in [-0.15, -0.1) is 0 Å². The van der Waals surface area contributed by atoms with Crippen molar-refractivity contribution in [3.05, 3.63) is 60.7 Å². The zero-order valence-corrected chi connectivity index (χ0v) is 22.4. The monoisotopic (exact) mass is 506 g/mol. The quantitative estimate of drug-likeness (QED) is 0.422. The summed E-state index contributed by atoms with van der Waals surface area (Å²) in [5.74, 6) is -0.891. The van der Waals surface area contributed by atoms with Crippen molar-refractivity contribution in [3.8, 4) is 0 Å². The van der Waals surface area contributed by atoms with E-state index in [4.69, 9.17) is 22.8 Å². The van der Waals surface area contributed by atoms with Crippen LogP contribution in [0.5, 0.6) is 0 Å². The van der Waals surface area contributed by atoms with Crippen molar-refractivity contribution in [2.75, 3.05) is 12.9 Å². The van der Waals surface area contributed by atoms with Gasteiger partial charge in [0.15, 0.2) is 12.1 Å². The van der Waals surface area contributed by atoms with Crippen LogP contribution in [-0.2, 0) is 32.9 Å². The summed E-state index contributed by atoms with van der Waals surface area (Å²) in [4.78, 5) is 0. The summed E-state index contributed by atoms with van der Waals surface area (Å²) >= 11 is 0. The van der Waals surface area contributed by atoms with E-state index >= 15 is 0 Å². The molecule has 0 saturated carbocycles. The lowest BCUT2D eigenvalue weighted by molar-refractivity contribution is -0.215. The third-order valence-corrected chi connectivity index (χ3v) is 11.8. The predicted molar refractivity (Wildman–Crippen MR) is 132 cm³/mol. The van der Waals surface area contributed by atoms with E-state index in [1.165, 1.54) is 0 Å². The first-order valence-corrected chi connectivity index (χ1v) is 15.2. The summed E-state index contributed by atoms with van der Waals surface area (Å²) in [6.07, 6.45) is -1.92. The maximum absolute atomic E-state index is 12.1. The second-order valence-electron chi connectivity index (χ2n) is 10.4. The van der Waals surface area contributed by atoms with Crippen LogP contribution in [-0.4, -0.2) is 60.0 Å². The van der Waals surface area contributed by atoms with Gasteiger partial charge in [0.05, 0.1) is 12.9 Å². The van der Waals surface area contributed by atoms with E-state index in [0.29, 0.717) is 0 Å². The fraction of sp³-hybridized carbons (Fsp3) is 0.520. The van der Waals surface area contributed by atoms with E-state index in [1.54, 1.807) is 13.8 Å². The van der Waals surface area contributed by atoms with Gasteiger partial charge in [0.2, 0.25) is 0 Å². The summed E-state index contributed by atoms with van der Waals surface area (Å²) in [6, 6.07) is 20.5. The van der Waals surface area contributed by atoms with Gasteiger partial charge in [-0.25, -0.2) is 0 Å². The first-order chi connectivity index (χ1) is 15.8. The van der Waals surface area contributed by atoms with Crippen molar-refractivity contribution in [2.24, 2.45) is 0 Å². The van der Waals surface area contributed by atoms with Crippen LogP contribution in [0.2, 0.25) is 5.04 Å². The third-order valence-electron chi connectivity index (χ3n) is 6.25. The van der Waals surface area contributed by atoms with E-state index in [2.05, 4.69) is 45.0 Å². The van der Waals surface area contributed by atoms with Crippen molar-refractivity contribution >= 4 is 28.8 Å². The Morgan fingerprint density at radius 2 is 1.47 bits per heavy atom. The molecule has 2 saturated heterocycles. The molecule has 2 fully saturated rings. The van der Waals surface area contributed by atoms with Crippen LogP contribution >= 0.6 is 0 Å². The van der Waals surface area contributed by atoms with Gasteiger partial charge in [-0.3, -0.25) is 4.18 Å². The molecule has 34 heavy (non-hydrogen) atoms. The van der Waals surface area contributed by atoms with Gasteiger partial charge in [0.1, 0.15) is 18.3 Å². The van der Waals surface area contributed by atoms with Crippen molar-refractivity contribution in [1.29, 1.82) is 0 Å². The first-order valence-electron chi connectivity index (χ1n) is 11.5. The summed E-state index contributed by atoms with van der Waals surface area (Å²) in [6.45, 7) is 10.2. The number of ether oxygens (including phenoxy) is 3. The zero-order chi connectivity index (χ0) is 24.8. The Labute approximate surface area is 203 Å². The van der Waals surface area contributed by atoms with Gasteiger partial charge >= 0.3 is 0 Å². The molecule has 0 spiro atoms. The van der Waals surface area contributed by atoms with E-state index in [9.17, 15) is 8.42 Å². The van der Waals surface area contributed by atoms with Gasteiger partial charge in [0.25, 0.3) is 18.4 Å². The van der Waals surface area contributed by atoms with E-state index < -0.39 is 48.8 Å². The molecule has 4 rings (SSSR count). The minimum atomic E-state index is -3.76. The molecule has 0 amide bonds. The van der Waals surface area contributed by atoms with Crippen molar-refractivity contribution in [1.82, 2.24) is 0 Å². The Morgan fingerprint density at radius 3 is 1.94 bits per heavy atom. The molecule has 4 atom stereocenters. The molecule has 0 N–H and O–H groups in total. The highest BCUT2D eigenvalue weighted by Gasteiger charge is 2.58. The average Bonchev–Trinajstić information content (AvgIpc) is 3.20. The Balaban J connectivity index is 1.70. The fourth-order valence-corrected chi connectivity index (χ4v) is 10.2. The second-order valence-corrected chi connectivity index (χ2v) is 16.3. The molecule has 7 nitrogen and oxygen atoms in total. The Bertz CT molecular complexity index is 1040. The van der Waals surface area contributed by atoms with E-state index in [0.717, 1.165) is 16.6 Å². The molecule has 2 heterocycles. The Hall–Kier alpha value is -1.59. The van der Waals surface area contributed by atoms with Crippen LogP contribution in [0.3, 0.4) is 0 Å². The molecule has 0 bridgehead atoms. The number of benzene rings is 2. The normalized spacial score (nSPS) is 27.0. The standard InChI is InChI=1S/C25H34O7SSi/c1-24(2,3)34(18-13-9-7-10-14-18,19-15-11-8-12-16-19)28-17-20-21(32-33(6,26)27)22-23(29-20)31-25(4,5)30-22/h7-16,20-23H,17H2,1-6H3/t20-,21?,22?,23-/m1/s1. The SMILES string of the molecule is CC1(C)OC2C(OS(C)(=O)=O)[C@@H](CO[Si](c3ccccc3)(c3ccccc3)C(C)(C)C)O[C@@H]2O1. The molecule has 186 valence electrons. The molecular weight excluding hydrogens is 472 g/mol. The average molecular weight is 507 g/mol. The summed E-state index contributed by atoms with van der Waals surface area (Å²) in [5, 5.41) is 2.02. The molecule has 2 unspecified atom stereocenters. The highest BCUT2D eigenvalue weighted by Crippen LogP contribution is 2.41. The number of fused-ring (bicyclic) bond motifs is 1. The van der Waals surface area contributed by atoms with Gasteiger partial charge in [-0.05, 0) is 29.3 Å². The maximum Gasteiger partial charge on any atom is 0.264 e. The highest BCUT2D eigenvalue weighted by atomic mass is 32.2. The Morgan fingerprint density at radius 1 is 0.941 bits per heavy atom. The van der Waals surface area contributed by atoms with Crippen LogP contribution in [0.4, 0.5) is 0 Å². The number of hydrogen-bond donors (Lipinski definition) is 0. The largest absolute Gasteiger partial charge is 0.405 e. The van der Waals surface area contributed by atoms with Crippen molar-refractivity contribution in [3.63, 3.8) is 0 Å². The highest BCUT2D eigenvalue weighted by molar-refractivity contribution is 7.86. The topological polar surface area (TPSA) is 80.3 Å². The molecule has 2 aliphatic heterocycles. The summed E-state index contributed by atoms with van der Waals surface area (Å²) in [7, 11) is -6.60. The minimum absolute atomic E-state index is 0.133. The van der Waals surface area contributed by atoms with E-state index in [-0.39, 0.29) is 11.6 Å². The van der Waals surface area contributed by atoms with Crippen LogP contribution in [0.15, 0.2) is 60.7 Å². The molecule has 2 aromatic carbocycles. The summed E-state index contributed by atoms with van der Waals surface area (Å²) in [5.41, 5.74) is 0. The molecular formula is C25H34O7SSi. The van der Waals surface area contributed by atoms with E-state index in [1.807, 2.05) is 36.4 Å². The van der Waals surface area contributed by atoms with Crippen LogP contribution in [0, 0.1) is 0 Å². The van der Waals surface area contributed by atoms with Crippen LogP contribution in [0.1, 0.15) is 34.6 Å². The molecule has 2 aliphatic rings. The number of rotatable bonds is 7. The van der Waals surface area contributed by atoms with Crippen molar-refractivity contribution in [2.45, 2.75) is 70.0 Å². The van der Waals surface area contributed by atoms with Crippen LogP contribution in [0.25, 0.3) is 0 Å². The predicted octanol–water partition coefficient (Wildman–Crippen LogP) is 2.78. The second kappa shape index (κ2) is 9.13. The minimum Gasteiger partial charge on any atom is -0.405 e. The summed E-state index contributed by atoms with van der Waals surface area (Å²) < 4.78 is 54.5. The smallest absolute Gasteiger partial charge is 0.264 e. The van der Waals surface area contributed by atoms with Gasteiger partial charge < -0.3 is 18.6 Å². The van der Waals surface area contributed by atoms with Gasteiger partial charge in [-0.1, -0.05) is 81.4 Å². The Kier molecular flexibility index (Phi) is 6.84. The molecule has 2 aromatic rings. The molecule has 9 heteroatoms. The lowest BCUT2D eigenvalue weighted by atomic mass is 10.1. The van der Waals surface area contributed by atoms with Gasteiger partial charge in [-0.2, -0.15) is 8.42 Å². The molecule has 0 radical (unpaired) electrons. The third kappa shape index (κ3) is 5.02. The van der Waals surface area contributed by atoms with Crippen molar-refractivity contribution < 1.29 is 31.2 Å².